The topological polar surface area (TPSA) is 87.0 Å². The number of aromatic amines is 1. The van der Waals surface area contributed by atoms with E-state index >= 15 is 0 Å². The molecule has 3 aromatic rings. The second-order valence-electron chi connectivity index (χ2n) is 5.36. The molecule has 0 aromatic carbocycles. The molecule has 1 saturated heterocycles. The van der Waals surface area contributed by atoms with Crippen LogP contribution >= 0.6 is 11.3 Å². The van der Waals surface area contributed by atoms with Gasteiger partial charge in [-0.2, -0.15) is 5.10 Å². The number of amides is 1. The Kier molecular flexibility index (Phi) is 3.58. The molecule has 0 spiro atoms. The van der Waals surface area contributed by atoms with Gasteiger partial charge < -0.3 is 14.6 Å². The molecule has 1 atom stereocenters. The second-order valence-corrected chi connectivity index (χ2v) is 6.24. The van der Waals surface area contributed by atoms with Crippen molar-refractivity contribution in [1.29, 1.82) is 0 Å². The van der Waals surface area contributed by atoms with Gasteiger partial charge >= 0.3 is 0 Å². The van der Waals surface area contributed by atoms with E-state index in [4.69, 9.17) is 4.42 Å². The standard InChI is InChI=1S/C15H15N5O2S/c21-14(12-8-11(18-19-12)13-2-1-6-22-13)17-10-3-5-20(9-10)15-16-4-7-23-15/h1-2,4,6-8,10H,3,5,9H2,(H,17,21)(H,18,19)/t10-/m0/s1. The molecule has 1 amide bonds. The van der Waals surface area contributed by atoms with Crippen molar-refractivity contribution in [1.82, 2.24) is 20.5 Å². The number of nitrogens with zero attached hydrogens (tertiary/aromatic N) is 3. The number of hydrogen-bond donors (Lipinski definition) is 2. The van der Waals surface area contributed by atoms with E-state index < -0.39 is 0 Å². The fourth-order valence-electron chi connectivity index (χ4n) is 2.68. The Morgan fingerprint density at radius 2 is 2.48 bits per heavy atom. The third kappa shape index (κ3) is 2.85. The van der Waals surface area contributed by atoms with Gasteiger partial charge in [-0.15, -0.1) is 11.3 Å². The third-order valence-corrected chi connectivity index (χ3v) is 4.64. The summed E-state index contributed by atoms with van der Waals surface area (Å²) in [4.78, 5) is 18.8. The van der Waals surface area contributed by atoms with Gasteiger partial charge in [0.2, 0.25) is 0 Å². The van der Waals surface area contributed by atoms with E-state index in [0.717, 1.165) is 24.6 Å². The summed E-state index contributed by atoms with van der Waals surface area (Å²) in [5.41, 5.74) is 1.06. The van der Waals surface area contributed by atoms with Gasteiger partial charge in [-0.1, -0.05) is 0 Å². The minimum Gasteiger partial charge on any atom is -0.463 e. The first-order valence-electron chi connectivity index (χ1n) is 7.34. The summed E-state index contributed by atoms with van der Waals surface area (Å²) in [6.45, 7) is 1.67. The summed E-state index contributed by atoms with van der Waals surface area (Å²) in [6.07, 6.45) is 4.29. The highest BCUT2D eigenvalue weighted by molar-refractivity contribution is 7.13. The van der Waals surface area contributed by atoms with Gasteiger partial charge in [-0.05, 0) is 18.6 Å². The zero-order chi connectivity index (χ0) is 15.6. The first-order chi connectivity index (χ1) is 11.3. The van der Waals surface area contributed by atoms with Gasteiger partial charge in [-0.25, -0.2) is 4.98 Å². The molecule has 8 heteroatoms. The van der Waals surface area contributed by atoms with Crippen molar-refractivity contribution in [2.45, 2.75) is 12.5 Å². The fourth-order valence-corrected chi connectivity index (χ4v) is 3.36. The summed E-state index contributed by atoms with van der Waals surface area (Å²) >= 11 is 1.61. The molecule has 0 bridgehead atoms. The lowest BCUT2D eigenvalue weighted by Gasteiger charge is -2.15. The van der Waals surface area contributed by atoms with Gasteiger partial charge in [-0.3, -0.25) is 9.89 Å². The molecule has 0 aliphatic carbocycles. The first-order valence-corrected chi connectivity index (χ1v) is 8.22. The van der Waals surface area contributed by atoms with Crippen LogP contribution in [0.3, 0.4) is 0 Å². The van der Waals surface area contributed by atoms with E-state index in [1.165, 1.54) is 0 Å². The molecule has 7 nitrogen and oxygen atoms in total. The van der Waals surface area contributed by atoms with Gasteiger partial charge in [0.25, 0.3) is 5.91 Å². The Labute approximate surface area is 136 Å². The van der Waals surface area contributed by atoms with Crippen LogP contribution < -0.4 is 10.2 Å². The van der Waals surface area contributed by atoms with Crippen molar-refractivity contribution >= 4 is 22.4 Å². The maximum Gasteiger partial charge on any atom is 0.272 e. The smallest absolute Gasteiger partial charge is 0.272 e. The number of furan rings is 1. The average Bonchev–Trinajstić information content (AvgIpc) is 3.30. The number of anilines is 1. The summed E-state index contributed by atoms with van der Waals surface area (Å²) in [5, 5.41) is 12.9. The molecule has 1 aliphatic heterocycles. The zero-order valence-corrected chi connectivity index (χ0v) is 13.0. The number of rotatable bonds is 4. The van der Waals surface area contributed by atoms with Gasteiger partial charge in [0.05, 0.1) is 6.26 Å². The highest BCUT2D eigenvalue weighted by Gasteiger charge is 2.26. The van der Waals surface area contributed by atoms with E-state index in [2.05, 4.69) is 25.4 Å². The lowest BCUT2D eigenvalue weighted by atomic mass is 10.2. The molecule has 2 N–H and O–H groups in total. The molecular weight excluding hydrogens is 314 g/mol. The van der Waals surface area contributed by atoms with Crippen molar-refractivity contribution in [2.24, 2.45) is 0 Å². The van der Waals surface area contributed by atoms with Crippen LogP contribution in [0.15, 0.2) is 40.5 Å². The highest BCUT2D eigenvalue weighted by atomic mass is 32.1. The average molecular weight is 329 g/mol. The largest absolute Gasteiger partial charge is 0.463 e. The van der Waals surface area contributed by atoms with Crippen LogP contribution in [0.2, 0.25) is 0 Å². The van der Waals surface area contributed by atoms with Crippen LogP contribution in [0.1, 0.15) is 16.9 Å². The predicted octanol–water partition coefficient (Wildman–Crippen LogP) is 2.13. The van der Waals surface area contributed by atoms with Crippen molar-refractivity contribution in [3.63, 3.8) is 0 Å². The Balaban J connectivity index is 1.39. The number of carbonyl (C=O) groups excluding carboxylic acids is 1. The van der Waals surface area contributed by atoms with Crippen LogP contribution in [0.4, 0.5) is 5.13 Å². The maximum absolute atomic E-state index is 12.3. The summed E-state index contributed by atoms with van der Waals surface area (Å²) in [7, 11) is 0. The van der Waals surface area contributed by atoms with E-state index in [-0.39, 0.29) is 11.9 Å². The summed E-state index contributed by atoms with van der Waals surface area (Å²) in [5.74, 6) is 0.484. The maximum atomic E-state index is 12.3. The highest BCUT2D eigenvalue weighted by Crippen LogP contribution is 2.23. The van der Waals surface area contributed by atoms with Gasteiger partial charge in [0.1, 0.15) is 5.69 Å². The zero-order valence-electron chi connectivity index (χ0n) is 12.2. The van der Waals surface area contributed by atoms with Crippen molar-refractivity contribution in [3.05, 3.63) is 41.7 Å². The Hall–Kier alpha value is -2.61. The van der Waals surface area contributed by atoms with E-state index in [9.17, 15) is 4.79 Å². The van der Waals surface area contributed by atoms with Crippen LogP contribution in [-0.2, 0) is 0 Å². The SMILES string of the molecule is O=C(N[C@H]1CCN(c2nccs2)C1)c1cc(-c2ccco2)[nH]n1. The van der Waals surface area contributed by atoms with E-state index in [0.29, 0.717) is 17.1 Å². The third-order valence-electron chi connectivity index (χ3n) is 3.81. The minimum atomic E-state index is -0.176. The summed E-state index contributed by atoms with van der Waals surface area (Å²) < 4.78 is 5.29. The molecule has 4 heterocycles. The number of nitrogens with one attached hydrogen (secondary N) is 2. The van der Waals surface area contributed by atoms with E-state index in [1.807, 2.05) is 11.4 Å². The van der Waals surface area contributed by atoms with E-state index in [1.54, 1.807) is 35.9 Å². The minimum absolute atomic E-state index is 0.107. The molecule has 3 aromatic heterocycles. The Morgan fingerprint density at radius 1 is 1.52 bits per heavy atom. The van der Waals surface area contributed by atoms with Crippen molar-refractivity contribution in [2.75, 3.05) is 18.0 Å². The normalized spacial score (nSPS) is 17.6. The molecule has 23 heavy (non-hydrogen) atoms. The van der Waals surface area contributed by atoms with Gasteiger partial charge in [0, 0.05) is 36.8 Å². The number of thiazole rings is 1. The van der Waals surface area contributed by atoms with Crippen LogP contribution in [0.5, 0.6) is 0 Å². The molecule has 0 radical (unpaired) electrons. The molecule has 4 rings (SSSR count). The Bertz CT molecular complexity index is 781. The lowest BCUT2D eigenvalue weighted by Crippen LogP contribution is -2.37. The molecule has 0 saturated carbocycles. The van der Waals surface area contributed by atoms with Crippen molar-refractivity contribution in [3.8, 4) is 11.5 Å². The molecular formula is C15H15N5O2S. The molecule has 1 aliphatic rings. The number of carbonyl (C=O) groups is 1. The number of H-pyrrole nitrogens is 1. The summed E-state index contributed by atoms with van der Waals surface area (Å²) in [6, 6.07) is 5.41. The predicted molar refractivity (Wildman–Crippen MR) is 86.5 cm³/mol. The lowest BCUT2D eigenvalue weighted by molar-refractivity contribution is 0.0935. The van der Waals surface area contributed by atoms with Crippen LogP contribution in [-0.4, -0.2) is 40.2 Å². The number of hydrogen-bond acceptors (Lipinski definition) is 6. The fraction of sp³-hybridized carbons (Fsp3) is 0.267. The Morgan fingerprint density at radius 3 is 3.26 bits per heavy atom. The quantitative estimate of drug-likeness (QED) is 0.766. The van der Waals surface area contributed by atoms with Crippen molar-refractivity contribution < 1.29 is 9.21 Å². The number of aromatic nitrogens is 3. The monoisotopic (exact) mass is 329 g/mol. The first kappa shape index (κ1) is 14.0. The van der Waals surface area contributed by atoms with Crippen LogP contribution in [0, 0.1) is 0 Å². The second kappa shape index (κ2) is 5.88. The van der Waals surface area contributed by atoms with Gasteiger partial charge in [0.15, 0.2) is 16.6 Å². The molecule has 1 fully saturated rings. The molecule has 0 unspecified atom stereocenters. The van der Waals surface area contributed by atoms with Crippen LogP contribution in [0.25, 0.3) is 11.5 Å². The molecule has 118 valence electrons.